The zero-order valence-electron chi connectivity index (χ0n) is 13.5. The summed E-state index contributed by atoms with van der Waals surface area (Å²) in [6.45, 7) is 6.14. The summed E-state index contributed by atoms with van der Waals surface area (Å²) in [7, 11) is 0. The Hall–Kier alpha value is -1.93. The van der Waals surface area contributed by atoms with Gasteiger partial charge in [0.05, 0.1) is 16.8 Å². The van der Waals surface area contributed by atoms with Gasteiger partial charge in [0.2, 0.25) is 0 Å². The smallest absolute Gasteiger partial charge is 0.413 e. The van der Waals surface area contributed by atoms with Crippen LogP contribution in [-0.2, 0) is 11.3 Å². The maximum absolute atomic E-state index is 11.9. The fourth-order valence-electron chi connectivity index (χ4n) is 2.16. The first-order chi connectivity index (χ1) is 11.3. The average Bonchev–Trinajstić information content (AvgIpc) is 3.06. The lowest BCUT2D eigenvalue weighted by atomic mass is 10.2. The molecular formula is C16H17BrN4O2S. The topological polar surface area (TPSA) is 69.0 Å². The molecule has 3 aromatic rings. The van der Waals surface area contributed by atoms with E-state index in [1.54, 1.807) is 6.20 Å². The van der Waals surface area contributed by atoms with Crippen LogP contribution in [-0.4, -0.2) is 26.5 Å². The van der Waals surface area contributed by atoms with E-state index in [1.807, 2.05) is 43.8 Å². The molecule has 0 saturated carbocycles. The van der Waals surface area contributed by atoms with Gasteiger partial charge in [0.1, 0.15) is 5.60 Å². The van der Waals surface area contributed by atoms with E-state index < -0.39 is 11.7 Å². The number of amides is 1. The van der Waals surface area contributed by atoms with Crippen LogP contribution in [0.15, 0.2) is 35.1 Å². The van der Waals surface area contributed by atoms with E-state index in [-0.39, 0.29) is 0 Å². The maximum Gasteiger partial charge on any atom is 0.413 e. The Kier molecular flexibility index (Phi) is 4.60. The summed E-state index contributed by atoms with van der Waals surface area (Å²) < 4.78 is 8.98. The molecule has 6 nitrogen and oxygen atoms in total. The Morgan fingerprint density at radius 2 is 2.21 bits per heavy atom. The molecule has 0 bridgehead atoms. The molecule has 1 amide bonds. The van der Waals surface area contributed by atoms with Crippen molar-refractivity contribution < 1.29 is 9.53 Å². The number of nitrogens with zero attached hydrogens (tertiary/aromatic N) is 3. The van der Waals surface area contributed by atoms with E-state index >= 15 is 0 Å². The number of carbonyl (C=O) groups is 1. The number of halogens is 1. The number of anilines is 1. The summed E-state index contributed by atoms with van der Waals surface area (Å²) in [5, 5.41) is 7.41. The number of nitrogens with one attached hydrogen (secondary N) is 1. The number of ether oxygens (including phenoxy) is 1. The molecule has 8 heteroatoms. The Bertz CT molecular complexity index is 868. The van der Waals surface area contributed by atoms with Crippen LogP contribution in [0.2, 0.25) is 0 Å². The quantitative estimate of drug-likeness (QED) is 0.684. The van der Waals surface area contributed by atoms with Crippen molar-refractivity contribution in [3.63, 3.8) is 0 Å². The first kappa shape index (κ1) is 16.9. The highest BCUT2D eigenvalue weighted by Crippen LogP contribution is 2.33. The molecule has 24 heavy (non-hydrogen) atoms. The normalized spacial score (nSPS) is 11.7. The predicted molar refractivity (Wildman–Crippen MR) is 98.5 cm³/mol. The summed E-state index contributed by atoms with van der Waals surface area (Å²) in [6, 6.07) is 5.96. The first-order valence-corrected chi connectivity index (χ1v) is 8.97. The highest BCUT2D eigenvalue weighted by Gasteiger charge is 2.18. The molecule has 3 rings (SSSR count). The molecule has 0 aliphatic carbocycles. The molecule has 0 atom stereocenters. The van der Waals surface area contributed by atoms with Gasteiger partial charge in [-0.1, -0.05) is 11.3 Å². The van der Waals surface area contributed by atoms with Gasteiger partial charge in [-0.25, -0.2) is 9.78 Å². The summed E-state index contributed by atoms with van der Waals surface area (Å²) in [6.07, 6.45) is 3.16. The number of fused-ring (bicyclic) bond motifs is 1. The van der Waals surface area contributed by atoms with Gasteiger partial charge in [0.15, 0.2) is 5.13 Å². The van der Waals surface area contributed by atoms with E-state index in [9.17, 15) is 4.79 Å². The Morgan fingerprint density at radius 1 is 1.42 bits per heavy atom. The van der Waals surface area contributed by atoms with Crippen molar-refractivity contribution in [2.75, 3.05) is 5.32 Å². The molecule has 1 aromatic carbocycles. The van der Waals surface area contributed by atoms with E-state index in [2.05, 4.69) is 37.4 Å². The van der Waals surface area contributed by atoms with E-state index in [0.717, 1.165) is 20.3 Å². The van der Waals surface area contributed by atoms with E-state index in [4.69, 9.17) is 4.74 Å². The van der Waals surface area contributed by atoms with Crippen LogP contribution in [0.25, 0.3) is 10.2 Å². The molecular weight excluding hydrogens is 392 g/mol. The monoisotopic (exact) mass is 408 g/mol. The molecule has 0 unspecified atom stereocenters. The second-order valence-electron chi connectivity index (χ2n) is 6.27. The molecule has 2 aromatic heterocycles. The minimum atomic E-state index is -0.543. The number of aromatic nitrogens is 3. The number of hydrogen-bond donors (Lipinski definition) is 1. The lowest BCUT2D eigenvalue weighted by molar-refractivity contribution is 0.0636. The van der Waals surface area contributed by atoms with Gasteiger partial charge in [-0.05, 0) is 60.5 Å². The van der Waals surface area contributed by atoms with Crippen LogP contribution in [0.5, 0.6) is 0 Å². The maximum atomic E-state index is 11.9. The standard InChI is InChI=1S/C16H17BrN4O2S/c1-16(2,3)23-15(22)20-14-19-13-11(17)7-10(8-12(13)24-14)9-21-6-4-5-18-21/h4-8H,9H2,1-3H3,(H,19,20,22). The summed E-state index contributed by atoms with van der Waals surface area (Å²) in [5.74, 6) is 0. The van der Waals surface area contributed by atoms with Crippen LogP contribution >= 0.6 is 27.3 Å². The van der Waals surface area contributed by atoms with Crippen molar-refractivity contribution in [2.45, 2.75) is 32.9 Å². The van der Waals surface area contributed by atoms with Gasteiger partial charge in [0, 0.05) is 16.9 Å². The van der Waals surface area contributed by atoms with E-state index in [0.29, 0.717) is 11.7 Å². The zero-order valence-corrected chi connectivity index (χ0v) is 15.9. The molecule has 2 heterocycles. The van der Waals surface area contributed by atoms with Gasteiger partial charge in [-0.15, -0.1) is 0 Å². The summed E-state index contributed by atoms with van der Waals surface area (Å²) >= 11 is 4.96. The average molecular weight is 409 g/mol. The lowest BCUT2D eigenvalue weighted by Gasteiger charge is -2.18. The van der Waals surface area contributed by atoms with Crippen molar-refractivity contribution in [1.82, 2.24) is 14.8 Å². The third-order valence-corrected chi connectivity index (χ3v) is 4.54. The number of carbonyl (C=O) groups excluding carboxylic acids is 1. The van der Waals surface area contributed by atoms with Gasteiger partial charge < -0.3 is 4.74 Å². The van der Waals surface area contributed by atoms with Crippen LogP contribution in [0.4, 0.5) is 9.93 Å². The summed E-state index contributed by atoms with van der Waals surface area (Å²) in [5.41, 5.74) is 1.37. The van der Waals surface area contributed by atoms with Crippen LogP contribution in [0, 0.1) is 0 Å². The van der Waals surface area contributed by atoms with Crippen LogP contribution < -0.4 is 5.32 Å². The molecule has 0 fully saturated rings. The van der Waals surface area contributed by atoms with Gasteiger partial charge >= 0.3 is 6.09 Å². The Balaban J connectivity index is 1.82. The highest BCUT2D eigenvalue weighted by atomic mass is 79.9. The van der Waals surface area contributed by atoms with Crippen LogP contribution in [0.3, 0.4) is 0 Å². The largest absolute Gasteiger partial charge is 0.444 e. The minimum absolute atomic E-state index is 0.505. The van der Waals surface area contributed by atoms with Crippen molar-refractivity contribution in [3.05, 3.63) is 40.6 Å². The minimum Gasteiger partial charge on any atom is -0.444 e. The molecule has 0 spiro atoms. The van der Waals surface area contributed by atoms with Crippen molar-refractivity contribution in [2.24, 2.45) is 0 Å². The molecule has 1 N–H and O–H groups in total. The predicted octanol–water partition coefficient (Wildman–Crippen LogP) is 4.65. The van der Waals surface area contributed by atoms with E-state index in [1.165, 1.54) is 11.3 Å². The zero-order chi connectivity index (χ0) is 17.3. The fourth-order valence-corrected chi connectivity index (χ4v) is 3.83. The molecule has 126 valence electrons. The Morgan fingerprint density at radius 3 is 2.88 bits per heavy atom. The van der Waals surface area contributed by atoms with Gasteiger partial charge in [-0.2, -0.15) is 5.10 Å². The molecule has 0 saturated heterocycles. The number of thiazole rings is 1. The van der Waals surface area contributed by atoms with Crippen molar-refractivity contribution in [3.8, 4) is 0 Å². The highest BCUT2D eigenvalue weighted by molar-refractivity contribution is 9.10. The van der Waals surface area contributed by atoms with Crippen molar-refractivity contribution in [1.29, 1.82) is 0 Å². The number of hydrogen-bond acceptors (Lipinski definition) is 5. The second-order valence-corrected chi connectivity index (χ2v) is 8.16. The van der Waals surface area contributed by atoms with Gasteiger partial charge in [-0.3, -0.25) is 10.00 Å². The SMILES string of the molecule is CC(C)(C)OC(=O)Nc1nc2c(Br)cc(Cn3cccn3)cc2s1. The summed E-state index contributed by atoms with van der Waals surface area (Å²) in [4.78, 5) is 16.3. The molecule has 0 aliphatic rings. The first-order valence-electron chi connectivity index (χ1n) is 7.36. The molecule has 0 radical (unpaired) electrons. The molecule has 0 aliphatic heterocycles. The number of rotatable bonds is 3. The Labute approximate surface area is 152 Å². The fraction of sp³-hybridized carbons (Fsp3) is 0.312. The van der Waals surface area contributed by atoms with Gasteiger partial charge in [0.25, 0.3) is 0 Å². The third kappa shape index (κ3) is 4.12. The third-order valence-electron chi connectivity index (χ3n) is 3.02. The lowest BCUT2D eigenvalue weighted by Crippen LogP contribution is -2.27. The van der Waals surface area contributed by atoms with Crippen LogP contribution in [0.1, 0.15) is 26.3 Å². The van der Waals surface area contributed by atoms with Crippen molar-refractivity contribution >= 4 is 48.7 Å². The number of benzene rings is 1. The second kappa shape index (κ2) is 6.52.